The summed E-state index contributed by atoms with van der Waals surface area (Å²) in [7, 11) is 0. The lowest BCUT2D eigenvalue weighted by Crippen LogP contribution is -2.45. The zero-order chi connectivity index (χ0) is 13.1. The Hall–Kier alpha value is -0.580. The first-order valence-corrected chi connectivity index (χ1v) is 7.17. The van der Waals surface area contributed by atoms with Crippen LogP contribution in [0.4, 0.5) is 0 Å². The molecular formula is C13H15BrClNO2. The first-order chi connectivity index (χ1) is 8.63. The van der Waals surface area contributed by atoms with Crippen molar-refractivity contribution in [3.8, 4) is 0 Å². The molecule has 3 nitrogen and oxygen atoms in total. The van der Waals surface area contributed by atoms with Crippen molar-refractivity contribution >= 4 is 33.4 Å². The van der Waals surface area contributed by atoms with E-state index in [4.69, 9.17) is 16.7 Å². The Labute approximate surface area is 120 Å². The second-order valence-electron chi connectivity index (χ2n) is 4.43. The smallest absolute Gasteiger partial charge is 0.255 e. The van der Waals surface area contributed by atoms with Crippen molar-refractivity contribution in [1.29, 1.82) is 0 Å². The van der Waals surface area contributed by atoms with E-state index in [2.05, 4.69) is 15.9 Å². The number of aliphatic hydroxyl groups is 1. The minimum Gasteiger partial charge on any atom is -0.395 e. The van der Waals surface area contributed by atoms with Gasteiger partial charge in [0.25, 0.3) is 5.91 Å². The van der Waals surface area contributed by atoms with Crippen molar-refractivity contribution in [1.82, 2.24) is 4.90 Å². The molecule has 1 aliphatic rings. The van der Waals surface area contributed by atoms with E-state index in [1.54, 1.807) is 23.1 Å². The second kappa shape index (κ2) is 6.04. The van der Waals surface area contributed by atoms with E-state index in [0.29, 0.717) is 21.6 Å². The Morgan fingerprint density at radius 1 is 1.50 bits per heavy atom. The molecule has 1 N–H and O–H groups in total. The van der Waals surface area contributed by atoms with Crippen molar-refractivity contribution < 1.29 is 9.90 Å². The van der Waals surface area contributed by atoms with Crippen molar-refractivity contribution in [2.45, 2.75) is 25.3 Å². The fourth-order valence-corrected chi connectivity index (χ4v) is 2.93. The van der Waals surface area contributed by atoms with Gasteiger partial charge in [-0.1, -0.05) is 11.6 Å². The Bertz CT molecular complexity index is 449. The van der Waals surface area contributed by atoms with Crippen LogP contribution in [0.5, 0.6) is 0 Å². The van der Waals surface area contributed by atoms with Crippen LogP contribution in [0.3, 0.4) is 0 Å². The fourth-order valence-electron chi connectivity index (χ4n) is 2.07. The van der Waals surface area contributed by atoms with Crippen LogP contribution < -0.4 is 0 Å². The van der Waals surface area contributed by atoms with Gasteiger partial charge in [0.15, 0.2) is 0 Å². The van der Waals surface area contributed by atoms with Gasteiger partial charge in [-0.05, 0) is 53.4 Å². The summed E-state index contributed by atoms with van der Waals surface area (Å²) in [5.41, 5.74) is 0.597. The average Bonchev–Trinajstić information content (AvgIpc) is 2.25. The molecule has 0 aliphatic heterocycles. The van der Waals surface area contributed by atoms with Gasteiger partial charge in [0.1, 0.15) is 0 Å². The lowest BCUT2D eigenvalue weighted by Gasteiger charge is -2.37. The maximum Gasteiger partial charge on any atom is 0.255 e. The summed E-state index contributed by atoms with van der Waals surface area (Å²) in [6.45, 7) is 0.381. The van der Waals surface area contributed by atoms with E-state index in [1.807, 2.05) is 0 Å². The summed E-state index contributed by atoms with van der Waals surface area (Å²) < 4.78 is 0.697. The predicted molar refractivity (Wildman–Crippen MR) is 74.9 cm³/mol. The summed E-state index contributed by atoms with van der Waals surface area (Å²) in [6, 6.07) is 5.41. The van der Waals surface area contributed by atoms with Gasteiger partial charge in [-0.15, -0.1) is 0 Å². The normalized spacial score (nSPS) is 15.3. The Morgan fingerprint density at radius 2 is 2.22 bits per heavy atom. The molecule has 1 fully saturated rings. The molecule has 0 atom stereocenters. The third-order valence-electron chi connectivity index (χ3n) is 3.28. The molecule has 0 saturated heterocycles. The number of carbonyl (C=O) groups excluding carboxylic acids is 1. The lowest BCUT2D eigenvalue weighted by molar-refractivity contribution is 0.0525. The van der Waals surface area contributed by atoms with Crippen LogP contribution in [0.15, 0.2) is 22.7 Å². The molecule has 1 amide bonds. The summed E-state index contributed by atoms with van der Waals surface area (Å²) in [6.07, 6.45) is 3.20. The largest absolute Gasteiger partial charge is 0.395 e. The van der Waals surface area contributed by atoms with Crippen molar-refractivity contribution in [3.63, 3.8) is 0 Å². The molecule has 0 aromatic heterocycles. The summed E-state index contributed by atoms with van der Waals surface area (Å²) >= 11 is 9.23. The van der Waals surface area contributed by atoms with E-state index in [-0.39, 0.29) is 18.6 Å². The molecule has 0 radical (unpaired) electrons. The van der Waals surface area contributed by atoms with Gasteiger partial charge < -0.3 is 10.0 Å². The molecule has 0 heterocycles. The van der Waals surface area contributed by atoms with Gasteiger partial charge in [-0.25, -0.2) is 0 Å². The van der Waals surface area contributed by atoms with E-state index in [9.17, 15) is 4.79 Å². The fraction of sp³-hybridized carbons (Fsp3) is 0.462. The second-order valence-corrected chi connectivity index (χ2v) is 5.72. The zero-order valence-corrected chi connectivity index (χ0v) is 12.2. The number of hydrogen-bond acceptors (Lipinski definition) is 2. The van der Waals surface area contributed by atoms with Gasteiger partial charge in [-0.2, -0.15) is 0 Å². The minimum absolute atomic E-state index is 0.00650. The summed E-state index contributed by atoms with van der Waals surface area (Å²) in [4.78, 5) is 14.2. The first kappa shape index (κ1) is 13.8. The number of rotatable bonds is 4. The van der Waals surface area contributed by atoms with Crippen LogP contribution in [0, 0.1) is 0 Å². The molecule has 0 bridgehead atoms. The molecule has 1 aromatic rings. The molecule has 18 heavy (non-hydrogen) atoms. The third-order valence-corrected chi connectivity index (χ3v) is 4.17. The van der Waals surface area contributed by atoms with Gasteiger partial charge in [0.05, 0.1) is 12.2 Å². The summed E-state index contributed by atoms with van der Waals surface area (Å²) in [5, 5.41) is 9.68. The number of benzene rings is 1. The number of carbonyl (C=O) groups is 1. The number of aliphatic hydroxyl groups excluding tert-OH is 1. The lowest BCUT2D eigenvalue weighted by atomic mass is 9.91. The van der Waals surface area contributed by atoms with Gasteiger partial charge in [0.2, 0.25) is 0 Å². The maximum atomic E-state index is 12.4. The number of amides is 1. The maximum absolute atomic E-state index is 12.4. The van der Waals surface area contributed by atoms with Gasteiger partial charge >= 0.3 is 0 Å². The first-order valence-electron chi connectivity index (χ1n) is 6.00. The molecule has 1 aliphatic carbocycles. The van der Waals surface area contributed by atoms with Crippen LogP contribution in [-0.2, 0) is 0 Å². The molecule has 0 unspecified atom stereocenters. The van der Waals surface area contributed by atoms with Crippen LogP contribution in [0.1, 0.15) is 29.6 Å². The SMILES string of the molecule is O=C(c1ccc(Cl)cc1Br)N(CCO)C1CCC1. The van der Waals surface area contributed by atoms with Crippen LogP contribution in [-0.4, -0.2) is 35.1 Å². The van der Waals surface area contributed by atoms with E-state index in [1.165, 1.54) is 0 Å². The predicted octanol–water partition coefficient (Wildman–Crippen LogP) is 3.09. The molecule has 98 valence electrons. The van der Waals surface area contributed by atoms with E-state index >= 15 is 0 Å². The highest BCUT2D eigenvalue weighted by Gasteiger charge is 2.29. The third kappa shape index (κ3) is 2.87. The van der Waals surface area contributed by atoms with Crippen LogP contribution in [0.2, 0.25) is 5.02 Å². The highest BCUT2D eigenvalue weighted by Crippen LogP contribution is 2.28. The topological polar surface area (TPSA) is 40.5 Å². The van der Waals surface area contributed by atoms with Gasteiger partial charge in [-0.3, -0.25) is 4.79 Å². The van der Waals surface area contributed by atoms with Crippen LogP contribution in [0.25, 0.3) is 0 Å². The molecule has 2 rings (SSSR count). The highest BCUT2D eigenvalue weighted by atomic mass is 79.9. The van der Waals surface area contributed by atoms with Crippen molar-refractivity contribution in [2.75, 3.05) is 13.2 Å². The van der Waals surface area contributed by atoms with Gasteiger partial charge in [0, 0.05) is 22.1 Å². The minimum atomic E-state index is -0.0442. The summed E-state index contributed by atoms with van der Waals surface area (Å²) in [5.74, 6) is -0.0442. The molecule has 5 heteroatoms. The van der Waals surface area contributed by atoms with Crippen molar-refractivity contribution in [2.24, 2.45) is 0 Å². The Morgan fingerprint density at radius 3 is 2.72 bits per heavy atom. The Kier molecular flexibility index (Phi) is 4.65. The Balaban J connectivity index is 2.21. The monoisotopic (exact) mass is 331 g/mol. The molecule has 0 spiro atoms. The zero-order valence-electron chi connectivity index (χ0n) is 9.90. The standard InChI is InChI=1S/C13H15BrClNO2/c14-12-8-9(15)4-5-11(12)13(18)16(6-7-17)10-2-1-3-10/h4-5,8,10,17H,1-3,6-7H2. The number of halogens is 2. The highest BCUT2D eigenvalue weighted by molar-refractivity contribution is 9.10. The number of nitrogens with zero attached hydrogens (tertiary/aromatic N) is 1. The number of hydrogen-bond donors (Lipinski definition) is 1. The van der Waals surface area contributed by atoms with E-state index in [0.717, 1.165) is 19.3 Å². The van der Waals surface area contributed by atoms with E-state index < -0.39 is 0 Å². The van der Waals surface area contributed by atoms with Crippen LogP contribution >= 0.6 is 27.5 Å². The van der Waals surface area contributed by atoms with Crippen molar-refractivity contribution in [3.05, 3.63) is 33.3 Å². The molecule has 1 aromatic carbocycles. The molecule has 1 saturated carbocycles. The average molecular weight is 333 g/mol. The molecular weight excluding hydrogens is 318 g/mol. The quantitative estimate of drug-likeness (QED) is 0.920.